The first kappa shape index (κ1) is 30.1. The van der Waals surface area contributed by atoms with Crippen LogP contribution in [0.2, 0.25) is 5.02 Å². The summed E-state index contributed by atoms with van der Waals surface area (Å²) in [5, 5.41) is 20.0. The lowest BCUT2D eigenvalue weighted by molar-refractivity contribution is 0.173. The van der Waals surface area contributed by atoms with E-state index in [2.05, 4.69) is 65.0 Å². The number of hydrogen-bond acceptors (Lipinski definition) is 8. The maximum Gasteiger partial charge on any atom is 0.118 e. The summed E-state index contributed by atoms with van der Waals surface area (Å²) >= 11 is 6.76. The van der Waals surface area contributed by atoms with E-state index in [0.717, 1.165) is 29.6 Å². The zero-order valence-corrected chi connectivity index (χ0v) is 25.6. The first-order valence-electron chi connectivity index (χ1n) is 14.2. The molecule has 3 aromatic rings. The number of allylic oxidation sites excluding steroid dienone is 3. The van der Waals surface area contributed by atoms with E-state index in [1.165, 1.54) is 12.2 Å². The second-order valence-electron chi connectivity index (χ2n) is 12.0. The molecule has 8 nitrogen and oxygen atoms in total. The molecule has 2 aromatic heterocycles. The average Bonchev–Trinajstić information content (AvgIpc) is 3.66. The van der Waals surface area contributed by atoms with Crippen molar-refractivity contribution in [2.75, 3.05) is 17.2 Å². The Hall–Kier alpha value is -4.39. The molecule has 222 valence electrons. The summed E-state index contributed by atoms with van der Waals surface area (Å²) in [6, 6.07) is 11.4. The quantitative estimate of drug-likeness (QED) is 0.181. The van der Waals surface area contributed by atoms with Gasteiger partial charge in [0.05, 0.1) is 44.8 Å². The molecule has 1 aliphatic carbocycles. The van der Waals surface area contributed by atoms with Gasteiger partial charge in [-0.05, 0) is 61.1 Å². The number of hydrogen-bond donors (Lipinski definition) is 4. The molecule has 0 saturated heterocycles. The van der Waals surface area contributed by atoms with E-state index in [9.17, 15) is 9.65 Å². The topological polar surface area (TPSA) is 101 Å². The molecule has 0 amide bonds. The van der Waals surface area contributed by atoms with E-state index in [-0.39, 0.29) is 16.8 Å². The summed E-state index contributed by atoms with van der Waals surface area (Å²) < 4.78 is 14.1. The standard InChI is InChI=1S/C33H36ClFN8/c1-6-23(35)11-10-21(2)29(27-19-43(42-41-27)33(12-13-33)28-9-7-8-14-37-28)40-24-15-25-30(39-20-32(3,4)5)22(17-36)18-38-31(25)26(34)16-24/h6-11,14-16,18-19,29,40-42H,2,12-13,20H2,1,3-5H3,(H,38,39)/b11-10-,23-6+/t29-/m0/s1. The molecule has 2 aliphatic rings. The third-order valence-electron chi connectivity index (χ3n) is 7.48. The number of nitrogens with zero attached hydrogens (tertiary/aromatic N) is 4. The third-order valence-corrected chi connectivity index (χ3v) is 7.77. The Morgan fingerprint density at radius 1 is 1.28 bits per heavy atom. The van der Waals surface area contributed by atoms with Gasteiger partial charge in [0.25, 0.3) is 0 Å². The smallest absolute Gasteiger partial charge is 0.118 e. The number of rotatable bonds is 10. The second kappa shape index (κ2) is 12.1. The summed E-state index contributed by atoms with van der Waals surface area (Å²) in [4.78, 5) is 9.07. The van der Waals surface area contributed by atoms with E-state index < -0.39 is 6.04 Å². The molecule has 0 unspecified atom stereocenters. The Morgan fingerprint density at radius 2 is 2.07 bits per heavy atom. The number of anilines is 2. The minimum atomic E-state index is -0.482. The molecule has 3 heterocycles. The average molecular weight is 599 g/mol. The molecule has 0 bridgehead atoms. The second-order valence-corrected chi connectivity index (χ2v) is 12.4. The highest BCUT2D eigenvalue weighted by molar-refractivity contribution is 6.35. The summed E-state index contributed by atoms with van der Waals surface area (Å²) in [5.41, 5.74) is 11.1. The van der Waals surface area contributed by atoms with Crippen LogP contribution in [0.1, 0.15) is 51.8 Å². The fraction of sp³-hybridized carbons (Fsp3) is 0.303. The minimum Gasteiger partial charge on any atom is -0.383 e. The summed E-state index contributed by atoms with van der Waals surface area (Å²) in [6.45, 7) is 12.9. The molecule has 1 aliphatic heterocycles. The number of nitriles is 1. The van der Waals surface area contributed by atoms with Crippen molar-refractivity contribution in [2.24, 2.45) is 5.41 Å². The summed E-state index contributed by atoms with van der Waals surface area (Å²) in [7, 11) is 0. The number of benzene rings is 1. The van der Waals surface area contributed by atoms with Crippen LogP contribution in [0.5, 0.6) is 0 Å². The van der Waals surface area contributed by atoms with Gasteiger partial charge in [-0.3, -0.25) is 15.0 Å². The van der Waals surface area contributed by atoms with Crippen molar-refractivity contribution in [3.8, 4) is 6.07 Å². The molecule has 4 N–H and O–H groups in total. The Balaban J connectivity index is 1.53. The first-order chi connectivity index (χ1) is 20.5. The minimum absolute atomic E-state index is 0.0208. The van der Waals surface area contributed by atoms with Crippen LogP contribution in [-0.2, 0) is 5.54 Å². The number of aromatic nitrogens is 2. The van der Waals surface area contributed by atoms with Crippen LogP contribution in [-0.4, -0.2) is 27.6 Å². The number of hydrazine groups is 2. The molecular weight excluding hydrogens is 563 g/mol. The van der Waals surface area contributed by atoms with Gasteiger partial charge >= 0.3 is 0 Å². The molecule has 5 rings (SSSR count). The lowest BCUT2D eigenvalue weighted by Crippen LogP contribution is -2.44. The molecule has 1 saturated carbocycles. The molecule has 1 aromatic carbocycles. The molecule has 1 fully saturated rings. The van der Waals surface area contributed by atoms with Gasteiger partial charge in [-0.2, -0.15) is 5.26 Å². The Morgan fingerprint density at radius 3 is 2.72 bits per heavy atom. The molecular formula is C33H36ClFN8. The monoisotopic (exact) mass is 598 g/mol. The molecule has 10 heteroatoms. The first-order valence-corrected chi connectivity index (χ1v) is 14.6. The lowest BCUT2D eigenvalue weighted by Gasteiger charge is -2.26. The van der Waals surface area contributed by atoms with Crippen molar-refractivity contribution in [3.05, 3.63) is 107 Å². The normalized spacial score (nSPS) is 16.9. The molecule has 43 heavy (non-hydrogen) atoms. The third kappa shape index (κ3) is 6.51. The Labute approximate surface area is 257 Å². The number of fused-ring (bicyclic) bond motifs is 1. The predicted molar refractivity (Wildman–Crippen MR) is 171 cm³/mol. The van der Waals surface area contributed by atoms with E-state index in [0.29, 0.717) is 39.6 Å². The van der Waals surface area contributed by atoms with Crippen molar-refractivity contribution in [3.63, 3.8) is 0 Å². The van der Waals surface area contributed by atoms with Gasteiger partial charge in [0.2, 0.25) is 0 Å². The van der Waals surface area contributed by atoms with E-state index in [1.807, 2.05) is 35.5 Å². The van der Waals surface area contributed by atoms with Gasteiger partial charge in [-0.15, -0.1) is 5.53 Å². The highest BCUT2D eigenvalue weighted by Gasteiger charge is 2.52. The largest absolute Gasteiger partial charge is 0.383 e. The van der Waals surface area contributed by atoms with Gasteiger partial charge in [0, 0.05) is 36.2 Å². The van der Waals surface area contributed by atoms with Crippen LogP contribution in [0.3, 0.4) is 0 Å². The fourth-order valence-electron chi connectivity index (χ4n) is 4.97. The summed E-state index contributed by atoms with van der Waals surface area (Å²) in [6.07, 6.45) is 11.7. The van der Waals surface area contributed by atoms with Crippen molar-refractivity contribution >= 4 is 33.9 Å². The summed E-state index contributed by atoms with van der Waals surface area (Å²) in [5.74, 6) is -0.362. The van der Waals surface area contributed by atoms with E-state index in [1.54, 1.807) is 31.5 Å². The van der Waals surface area contributed by atoms with Crippen molar-refractivity contribution in [1.82, 2.24) is 25.9 Å². The van der Waals surface area contributed by atoms with Crippen LogP contribution < -0.4 is 21.6 Å². The van der Waals surface area contributed by atoms with Crippen molar-refractivity contribution < 1.29 is 4.39 Å². The van der Waals surface area contributed by atoms with Gasteiger partial charge in [0.15, 0.2) is 0 Å². The van der Waals surface area contributed by atoms with Gasteiger partial charge < -0.3 is 16.1 Å². The maximum absolute atomic E-state index is 14.1. The highest BCUT2D eigenvalue weighted by Crippen LogP contribution is 2.50. The number of halogens is 2. The van der Waals surface area contributed by atoms with Crippen LogP contribution in [0, 0.1) is 16.7 Å². The van der Waals surface area contributed by atoms with Crippen LogP contribution in [0.25, 0.3) is 10.9 Å². The van der Waals surface area contributed by atoms with Crippen molar-refractivity contribution in [2.45, 2.75) is 52.1 Å². The maximum atomic E-state index is 14.1. The highest BCUT2D eigenvalue weighted by atomic mass is 35.5. The lowest BCUT2D eigenvalue weighted by atomic mass is 9.96. The number of nitrogens with one attached hydrogen (secondary N) is 4. The van der Waals surface area contributed by atoms with Gasteiger partial charge in [-0.25, -0.2) is 4.39 Å². The number of pyridine rings is 2. The molecule has 0 radical (unpaired) electrons. The molecule has 1 atom stereocenters. The van der Waals surface area contributed by atoms with E-state index in [4.69, 9.17) is 11.6 Å². The zero-order valence-electron chi connectivity index (χ0n) is 24.8. The van der Waals surface area contributed by atoms with Gasteiger partial charge in [0.1, 0.15) is 11.9 Å². The van der Waals surface area contributed by atoms with Crippen molar-refractivity contribution in [1.29, 1.82) is 5.26 Å². The SMILES string of the molecule is C=C(/C=C\C(F)=C/C)[C@H](Nc1cc(Cl)c2ncc(C#N)c(NCC(C)(C)C)c2c1)C1=CN(C2(c3ccccn3)CC2)NN1. The van der Waals surface area contributed by atoms with Crippen LogP contribution in [0.4, 0.5) is 15.8 Å². The Kier molecular flexibility index (Phi) is 8.45. The van der Waals surface area contributed by atoms with Crippen LogP contribution >= 0.6 is 11.6 Å². The van der Waals surface area contributed by atoms with Crippen LogP contribution in [0.15, 0.2) is 90.8 Å². The van der Waals surface area contributed by atoms with E-state index >= 15 is 0 Å². The fourth-order valence-corrected chi connectivity index (χ4v) is 5.24. The Bertz CT molecular complexity index is 1660. The van der Waals surface area contributed by atoms with Gasteiger partial charge in [-0.1, -0.05) is 57.2 Å². The molecule has 0 spiro atoms. The predicted octanol–water partition coefficient (Wildman–Crippen LogP) is 7.23. The zero-order chi connectivity index (χ0) is 30.8.